The zero-order valence-corrected chi connectivity index (χ0v) is 12.1. The summed E-state index contributed by atoms with van der Waals surface area (Å²) in [7, 11) is 3.14. The van der Waals surface area contributed by atoms with Crippen LogP contribution in [0.2, 0.25) is 0 Å². The largest absolute Gasteiger partial charge is 0.340 e. The van der Waals surface area contributed by atoms with Crippen molar-refractivity contribution in [2.45, 2.75) is 13.5 Å². The number of hydrogen-bond donors (Lipinski definition) is 0. The Bertz CT molecular complexity index is 623. The first-order chi connectivity index (χ1) is 9.40. The highest BCUT2D eigenvalue weighted by Crippen LogP contribution is 2.06. The van der Waals surface area contributed by atoms with Gasteiger partial charge in [-0.15, -0.1) is 0 Å². The highest BCUT2D eigenvalue weighted by molar-refractivity contribution is 5.73. The first-order valence-corrected chi connectivity index (χ1v) is 6.64. The molecule has 1 aromatic heterocycles. The van der Waals surface area contributed by atoms with Gasteiger partial charge in [0.2, 0.25) is 5.91 Å². The van der Waals surface area contributed by atoms with E-state index in [1.807, 2.05) is 0 Å². The van der Waals surface area contributed by atoms with Crippen molar-refractivity contribution >= 4 is 5.91 Å². The Morgan fingerprint density at radius 3 is 2.25 bits per heavy atom. The molecule has 20 heavy (non-hydrogen) atoms. The molecule has 1 amide bonds. The van der Waals surface area contributed by atoms with Crippen LogP contribution in [0.3, 0.4) is 0 Å². The highest BCUT2D eigenvalue weighted by Gasteiger charge is 2.19. The molecule has 0 bridgehead atoms. The fourth-order valence-electron chi connectivity index (χ4n) is 2.38. The number of aromatic nitrogens is 2. The second-order valence-electron chi connectivity index (χ2n) is 5.16. The minimum Gasteiger partial charge on any atom is -0.340 e. The van der Waals surface area contributed by atoms with E-state index in [4.69, 9.17) is 0 Å². The van der Waals surface area contributed by atoms with E-state index in [1.54, 1.807) is 18.9 Å². The SMILES string of the molecule is CC(=O)N1CCN(Cc2cc(=O)n(C)c(=O)n2C)CC1. The summed E-state index contributed by atoms with van der Waals surface area (Å²) in [5, 5.41) is 0. The predicted octanol–water partition coefficient (Wildman–Crippen LogP) is -1.25. The topological polar surface area (TPSA) is 67.6 Å². The molecule has 0 atom stereocenters. The summed E-state index contributed by atoms with van der Waals surface area (Å²) in [6.07, 6.45) is 0. The monoisotopic (exact) mass is 280 g/mol. The van der Waals surface area contributed by atoms with Gasteiger partial charge in [-0.05, 0) is 0 Å². The number of piperazine rings is 1. The Labute approximate surface area is 117 Å². The van der Waals surface area contributed by atoms with Crippen LogP contribution in [0.4, 0.5) is 0 Å². The van der Waals surface area contributed by atoms with Crippen molar-refractivity contribution < 1.29 is 4.79 Å². The van der Waals surface area contributed by atoms with Crippen LogP contribution >= 0.6 is 0 Å². The lowest BCUT2D eigenvalue weighted by Crippen LogP contribution is -2.48. The number of carbonyl (C=O) groups excluding carboxylic acids is 1. The highest BCUT2D eigenvalue weighted by atomic mass is 16.2. The molecule has 7 heteroatoms. The smallest absolute Gasteiger partial charge is 0.330 e. The lowest BCUT2D eigenvalue weighted by Gasteiger charge is -2.34. The molecule has 1 aliphatic heterocycles. The van der Waals surface area contributed by atoms with Gasteiger partial charge in [0.15, 0.2) is 0 Å². The molecule has 0 aromatic carbocycles. The van der Waals surface area contributed by atoms with E-state index < -0.39 is 0 Å². The maximum atomic E-state index is 11.8. The first kappa shape index (κ1) is 14.5. The van der Waals surface area contributed by atoms with Crippen molar-refractivity contribution in [3.63, 3.8) is 0 Å². The number of amides is 1. The van der Waals surface area contributed by atoms with Crippen molar-refractivity contribution in [2.75, 3.05) is 26.2 Å². The molecule has 2 heterocycles. The molecular weight excluding hydrogens is 260 g/mol. The van der Waals surface area contributed by atoms with Crippen molar-refractivity contribution in [1.29, 1.82) is 0 Å². The number of hydrogen-bond acceptors (Lipinski definition) is 4. The van der Waals surface area contributed by atoms with E-state index in [2.05, 4.69) is 4.90 Å². The summed E-state index contributed by atoms with van der Waals surface area (Å²) in [6, 6.07) is 1.50. The molecule has 0 radical (unpaired) electrons. The van der Waals surface area contributed by atoms with Crippen molar-refractivity contribution in [3.8, 4) is 0 Å². The lowest BCUT2D eigenvalue weighted by molar-refractivity contribution is -0.130. The summed E-state index contributed by atoms with van der Waals surface area (Å²) >= 11 is 0. The maximum Gasteiger partial charge on any atom is 0.330 e. The molecule has 1 aromatic rings. The summed E-state index contributed by atoms with van der Waals surface area (Å²) in [5.74, 6) is 0.0885. The Hall–Kier alpha value is -1.89. The van der Waals surface area contributed by atoms with E-state index >= 15 is 0 Å². The van der Waals surface area contributed by atoms with Crippen LogP contribution < -0.4 is 11.2 Å². The molecule has 0 saturated carbocycles. The number of carbonyl (C=O) groups is 1. The molecule has 0 N–H and O–H groups in total. The third kappa shape index (κ3) is 2.82. The van der Waals surface area contributed by atoms with Crippen LogP contribution in [-0.2, 0) is 25.4 Å². The van der Waals surface area contributed by atoms with Gasteiger partial charge < -0.3 is 4.90 Å². The molecule has 1 aliphatic rings. The second-order valence-corrected chi connectivity index (χ2v) is 5.16. The van der Waals surface area contributed by atoms with Gasteiger partial charge in [-0.3, -0.25) is 23.6 Å². The van der Waals surface area contributed by atoms with E-state index in [0.717, 1.165) is 17.7 Å². The minimum atomic E-state index is -0.310. The molecule has 110 valence electrons. The van der Waals surface area contributed by atoms with E-state index in [0.29, 0.717) is 25.3 Å². The number of nitrogens with zero attached hydrogens (tertiary/aromatic N) is 4. The average Bonchev–Trinajstić information content (AvgIpc) is 2.43. The van der Waals surface area contributed by atoms with Gasteiger partial charge in [-0.25, -0.2) is 4.79 Å². The van der Waals surface area contributed by atoms with E-state index in [1.165, 1.54) is 17.7 Å². The normalized spacial score (nSPS) is 16.4. The van der Waals surface area contributed by atoms with Crippen LogP contribution in [0.1, 0.15) is 12.6 Å². The first-order valence-electron chi connectivity index (χ1n) is 6.64. The molecule has 2 rings (SSSR count). The van der Waals surface area contributed by atoms with Gasteiger partial charge in [-0.2, -0.15) is 0 Å². The standard InChI is InChI=1S/C13H20N4O3/c1-10(18)17-6-4-16(5-7-17)9-11-8-12(19)15(3)13(20)14(11)2/h8H,4-7,9H2,1-3H3. The molecule has 7 nitrogen and oxygen atoms in total. The summed E-state index contributed by atoms with van der Waals surface area (Å²) in [4.78, 5) is 38.7. The Morgan fingerprint density at radius 2 is 1.70 bits per heavy atom. The quantitative estimate of drug-likeness (QED) is 0.679. The third-order valence-corrected chi connectivity index (χ3v) is 3.83. The fourth-order valence-corrected chi connectivity index (χ4v) is 2.38. The van der Waals surface area contributed by atoms with Crippen LogP contribution in [0.5, 0.6) is 0 Å². The molecular formula is C13H20N4O3. The van der Waals surface area contributed by atoms with Gasteiger partial charge in [-0.1, -0.05) is 0 Å². The lowest BCUT2D eigenvalue weighted by atomic mass is 10.2. The van der Waals surface area contributed by atoms with E-state index in [9.17, 15) is 14.4 Å². The van der Waals surface area contributed by atoms with E-state index in [-0.39, 0.29) is 17.2 Å². The fraction of sp³-hybridized carbons (Fsp3) is 0.615. The van der Waals surface area contributed by atoms with Gasteiger partial charge in [0.25, 0.3) is 5.56 Å². The molecule has 0 unspecified atom stereocenters. The van der Waals surface area contributed by atoms with Gasteiger partial charge >= 0.3 is 5.69 Å². The van der Waals surface area contributed by atoms with Crippen LogP contribution in [-0.4, -0.2) is 51.0 Å². The van der Waals surface area contributed by atoms with Crippen LogP contribution in [0, 0.1) is 0 Å². The van der Waals surface area contributed by atoms with Gasteiger partial charge in [0, 0.05) is 65.5 Å². The molecule has 0 spiro atoms. The molecule has 1 fully saturated rings. The predicted molar refractivity (Wildman–Crippen MR) is 74.5 cm³/mol. The Balaban J connectivity index is 2.11. The van der Waals surface area contributed by atoms with Crippen molar-refractivity contribution in [2.24, 2.45) is 14.1 Å². The zero-order chi connectivity index (χ0) is 14.9. The van der Waals surface area contributed by atoms with Crippen molar-refractivity contribution in [1.82, 2.24) is 18.9 Å². The maximum absolute atomic E-state index is 11.8. The molecule has 0 aliphatic carbocycles. The zero-order valence-electron chi connectivity index (χ0n) is 12.1. The molecule has 1 saturated heterocycles. The summed E-state index contributed by atoms with van der Waals surface area (Å²) in [6.45, 7) is 5.00. The van der Waals surface area contributed by atoms with Gasteiger partial charge in [0.1, 0.15) is 0 Å². The summed E-state index contributed by atoms with van der Waals surface area (Å²) < 4.78 is 2.59. The Morgan fingerprint density at radius 1 is 1.10 bits per heavy atom. The third-order valence-electron chi connectivity index (χ3n) is 3.83. The Kier molecular flexibility index (Phi) is 4.08. The van der Waals surface area contributed by atoms with Gasteiger partial charge in [0.05, 0.1) is 0 Å². The number of rotatable bonds is 2. The minimum absolute atomic E-state index is 0.0885. The van der Waals surface area contributed by atoms with Crippen molar-refractivity contribution in [3.05, 3.63) is 32.6 Å². The van der Waals surface area contributed by atoms with Crippen LogP contribution in [0.15, 0.2) is 15.7 Å². The average molecular weight is 280 g/mol. The second kappa shape index (κ2) is 5.62. The van der Waals surface area contributed by atoms with Crippen LogP contribution in [0.25, 0.3) is 0 Å². The summed E-state index contributed by atoms with van der Waals surface area (Å²) in [5.41, 5.74) is 0.106.